The fourth-order valence-electron chi connectivity index (χ4n) is 1.01. The van der Waals surface area contributed by atoms with Crippen LogP contribution in [-0.4, -0.2) is 43.1 Å². The van der Waals surface area contributed by atoms with Gasteiger partial charge in [-0.15, -0.1) is 0 Å². The van der Waals surface area contributed by atoms with Crippen LogP contribution in [0.1, 0.15) is 0 Å². The van der Waals surface area contributed by atoms with Crippen LogP contribution >= 0.6 is 0 Å². The first-order chi connectivity index (χ1) is 4.15. The molecule has 0 fully saturated rings. The van der Waals surface area contributed by atoms with E-state index in [-0.39, 0.29) is 0 Å². The van der Waals surface area contributed by atoms with Crippen LogP contribution in [0.3, 0.4) is 0 Å². The Morgan fingerprint density at radius 3 is 1.30 bits per heavy atom. The van der Waals surface area contributed by atoms with Gasteiger partial charge in [0.2, 0.25) is 0 Å². The van der Waals surface area contributed by atoms with Crippen molar-refractivity contribution in [3.63, 3.8) is 0 Å². The van der Waals surface area contributed by atoms with E-state index in [4.69, 9.17) is 0 Å². The summed E-state index contributed by atoms with van der Waals surface area (Å²) >= 11 is 2.41. The van der Waals surface area contributed by atoms with Crippen molar-refractivity contribution in [3.8, 4) is 0 Å². The van der Waals surface area contributed by atoms with Crippen molar-refractivity contribution in [2.24, 2.45) is 0 Å². The molecule has 0 amide bonds. The molecule has 0 saturated carbocycles. The Morgan fingerprint density at radius 2 is 1.30 bits per heavy atom. The first-order valence-corrected chi connectivity index (χ1v) is 10.8. The Labute approximate surface area is 75.9 Å². The molecule has 0 unspecified atom stereocenters. The summed E-state index contributed by atoms with van der Waals surface area (Å²) in [5.41, 5.74) is 0. The summed E-state index contributed by atoms with van der Waals surface area (Å²) in [5.74, 6) is 0. The van der Waals surface area contributed by atoms with Gasteiger partial charge in [-0.3, -0.25) is 0 Å². The van der Waals surface area contributed by atoms with Crippen LogP contribution in [0.25, 0.3) is 0 Å². The van der Waals surface area contributed by atoms with Crippen LogP contribution in [0.4, 0.5) is 0 Å². The Hall–Kier alpha value is 0.991. The zero-order valence-electron chi connectivity index (χ0n) is 8.45. The van der Waals surface area contributed by atoms with Crippen LogP contribution in [-0.2, 0) is 0 Å². The van der Waals surface area contributed by atoms with Crippen molar-refractivity contribution in [1.29, 1.82) is 0 Å². The molecule has 0 saturated heterocycles. The van der Waals surface area contributed by atoms with E-state index in [1.807, 2.05) is 0 Å². The molecular formula is C6H18LiNSi2. The third-order valence-electron chi connectivity index (χ3n) is 2.01. The van der Waals surface area contributed by atoms with Gasteiger partial charge in [-0.2, -0.15) is 0 Å². The van der Waals surface area contributed by atoms with Crippen LogP contribution in [0.15, 0.2) is 0 Å². The fourth-order valence-corrected chi connectivity index (χ4v) is 9.06. The van der Waals surface area contributed by atoms with E-state index >= 15 is 0 Å². The molecule has 10 heavy (non-hydrogen) atoms. The molecule has 4 heteroatoms. The van der Waals surface area contributed by atoms with Crippen molar-refractivity contribution in [2.45, 2.75) is 32.7 Å². The Morgan fingerprint density at radius 1 is 1.00 bits per heavy atom. The summed E-state index contributed by atoms with van der Waals surface area (Å²) in [7, 11) is 1.29. The molecule has 0 aliphatic heterocycles. The molecular weight excluding hydrogens is 149 g/mol. The summed E-state index contributed by atoms with van der Waals surface area (Å²) in [6.45, 7) is 11.0. The summed E-state index contributed by atoms with van der Waals surface area (Å²) in [6.07, 6.45) is 0. The normalized spacial score (nSPS) is 14.5. The van der Waals surface area contributed by atoms with Crippen molar-refractivity contribution < 1.29 is 0 Å². The minimum absolute atomic E-state index is 1.00. The maximum atomic E-state index is 2.65. The standard InChI is InChI=1S/C6H18NSi2.Li/c1-7(8(2)3)9(4,5)6;/h1-6H3;. The van der Waals surface area contributed by atoms with Crippen molar-refractivity contribution in [2.75, 3.05) is 7.05 Å². The van der Waals surface area contributed by atoms with Crippen molar-refractivity contribution in [1.82, 2.24) is 4.23 Å². The van der Waals surface area contributed by atoms with Gasteiger partial charge in [0.1, 0.15) is 0 Å². The molecule has 0 bridgehead atoms. The van der Waals surface area contributed by atoms with Gasteiger partial charge in [-0.25, -0.2) is 0 Å². The third-order valence-corrected chi connectivity index (χ3v) is 10.1. The third kappa shape index (κ3) is 3.40. The first-order valence-electron chi connectivity index (χ1n) is 3.89. The molecule has 0 atom stereocenters. The fraction of sp³-hybridized carbons (Fsp3) is 1.00. The van der Waals surface area contributed by atoms with E-state index in [9.17, 15) is 0 Å². The number of hydrogen-bond acceptors (Lipinski definition) is 1. The Balaban J connectivity index is 4.23. The molecule has 1 nitrogen and oxygen atoms in total. The van der Waals surface area contributed by atoms with Gasteiger partial charge in [0.05, 0.1) is 0 Å². The molecule has 0 aromatic carbocycles. The number of nitrogens with zero attached hydrogens (tertiary/aromatic N) is 1. The first kappa shape index (κ1) is 11.0. The second kappa shape index (κ2) is 3.16. The van der Waals surface area contributed by atoms with Gasteiger partial charge >= 0.3 is 75.8 Å². The summed E-state index contributed by atoms with van der Waals surface area (Å²) < 4.78 is 2.65. The van der Waals surface area contributed by atoms with Crippen molar-refractivity contribution >= 4 is 31.8 Å². The topological polar surface area (TPSA) is 3.24 Å². The average Bonchev–Trinajstić information content (AvgIpc) is 1.59. The number of hydrogen-bond donors (Lipinski definition) is 0. The van der Waals surface area contributed by atoms with Crippen LogP contribution in [0.5, 0.6) is 0 Å². The molecule has 0 spiro atoms. The SMILES string of the molecule is [Li][Si](C)(C)N(C)[Si](C)(C)C. The number of rotatable bonds is 2. The van der Waals surface area contributed by atoms with E-state index < -0.39 is 14.8 Å². The molecule has 0 heterocycles. The van der Waals surface area contributed by atoms with E-state index in [2.05, 4.69) is 61.0 Å². The molecule has 0 aromatic heterocycles. The van der Waals surface area contributed by atoms with E-state index in [1.54, 1.807) is 0 Å². The molecule has 56 valence electrons. The van der Waals surface area contributed by atoms with E-state index in [0.29, 0.717) is 0 Å². The monoisotopic (exact) mass is 167 g/mol. The van der Waals surface area contributed by atoms with Gasteiger partial charge < -0.3 is 0 Å². The summed E-state index contributed by atoms with van der Waals surface area (Å²) in [4.78, 5) is 0. The van der Waals surface area contributed by atoms with Crippen LogP contribution in [0, 0.1) is 0 Å². The minimum atomic E-state index is -1.00. The Bertz CT molecular complexity index is 99.9. The van der Waals surface area contributed by atoms with Crippen LogP contribution < -0.4 is 0 Å². The summed E-state index contributed by atoms with van der Waals surface area (Å²) in [5, 5.41) is 0. The molecule has 0 aliphatic carbocycles. The van der Waals surface area contributed by atoms with Gasteiger partial charge in [0.25, 0.3) is 0 Å². The molecule has 0 rings (SSSR count). The van der Waals surface area contributed by atoms with Gasteiger partial charge in [0, 0.05) is 0 Å². The molecule has 0 N–H and O–H groups in total. The van der Waals surface area contributed by atoms with E-state index in [1.165, 1.54) is 0 Å². The average molecular weight is 167 g/mol. The molecule has 0 radical (unpaired) electrons. The predicted octanol–water partition coefficient (Wildman–Crippen LogP) is 1.62. The molecule has 0 aromatic rings. The van der Waals surface area contributed by atoms with Crippen LogP contribution in [0.2, 0.25) is 32.7 Å². The second-order valence-corrected chi connectivity index (χ2v) is 15.4. The zero-order valence-corrected chi connectivity index (χ0v) is 10.4. The maximum absolute atomic E-state index is 2.65. The quantitative estimate of drug-likeness (QED) is 0.565. The molecule has 0 aliphatic rings. The van der Waals surface area contributed by atoms with Gasteiger partial charge in [-0.05, 0) is 0 Å². The summed E-state index contributed by atoms with van der Waals surface area (Å²) in [6, 6.07) is 0. The van der Waals surface area contributed by atoms with Gasteiger partial charge in [-0.1, -0.05) is 0 Å². The zero-order chi connectivity index (χ0) is 8.58. The predicted molar refractivity (Wildman–Crippen MR) is 54.3 cm³/mol. The van der Waals surface area contributed by atoms with Crippen molar-refractivity contribution in [3.05, 3.63) is 0 Å². The Kier molecular flexibility index (Phi) is 3.47. The van der Waals surface area contributed by atoms with Gasteiger partial charge in [0.15, 0.2) is 0 Å². The van der Waals surface area contributed by atoms with E-state index in [0.717, 1.165) is 0 Å². The second-order valence-electron chi connectivity index (χ2n) is 4.90.